The molecule has 144 valence electrons. The van der Waals surface area contributed by atoms with E-state index in [4.69, 9.17) is 29.9 Å². The second-order valence-corrected chi connectivity index (χ2v) is 6.43. The van der Waals surface area contributed by atoms with Crippen LogP contribution in [0.15, 0.2) is 0 Å². The first-order valence-corrected chi connectivity index (χ1v) is 7.39. The van der Waals surface area contributed by atoms with E-state index in [1.54, 1.807) is 41.9 Å². The maximum atomic E-state index is 8.47. The number of methoxy groups -OCH3 is 2. The Labute approximate surface area is 162 Å². The second kappa shape index (κ2) is 20.7. The number of ether oxygens (including phenoxy) is 2. The van der Waals surface area contributed by atoms with Gasteiger partial charge in [0.2, 0.25) is 0 Å². The molecule has 0 unspecified atom stereocenters. The van der Waals surface area contributed by atoms with Gasteiger partial charge in [-0.25, -0.2) is 0 Å². The Kier molecular flexibility index (Phi) is 31.3. The van der Waals surface area contributed by atoms with Crippen LogP contribution in [0, 0.1) is 0 Å². The Hall–Kier alpha value is 0.630. The molecule has 0 aliphatic carbocycles. The molecule has 0 aliphatic heterocycles. The third kappa shape index (κ3) is 60.4. The van der Waals surface area contributed by atoms with Crippen molar-refractivity contribution in [1.82, 2.24) is 0 Å². The predicted octanol–water partition coefficient (Wildman–Crippen LogP) is 1.58. The van der Waals surface area contributed by atoms with Crippen molar-refractivity contribution in [1.29, 1.82) is 0 Å². The van der Waals surface area contributed by atoms with E-state index in [0.29, 0.717) is 0 Å². The molecular weight excluding hydrogens is 467 g/mol. The Balaban J connectivity index is -0.0000000639. The van der Waals surface area contributed by atoms with Gasteiger partial charge in [0.05, 0.1) is 24.4 Å². The number of hydrogen-bond donors (Lipinski definition) is 4. The molecule has 0 aromatic rings. The molecule has 0 bridgehead atoms. The largest absolute Gasteiger partial charge is 0.394 e. The summed E-state index contributed by atoms with van der Waals surface area (Å²) in [5.74, 6) is 0. The minimum atomic E-state index is -0.361. The molecule has 0 saturated heterocycles. The summed E-state index contributed by atoms with van der Waals surface area (Å²) in [6.07, 6.45) is -0.333. The summed E-state index contributed by atoms with van der Waals surface area (Å²) < 4.78 is 9.67. The van der Waals surface area contributed by atoms with Crippen LogP contribution in [0.2, 0.25) is 0 Å². The van der Waals surface area contributed by atoms with Crippen LogP contribution in [-0.2, 0) is 35.3 Å². The van der Waals surface area contributed by atoms with Gasteiger partial charge in [-0.05, 0) is 55.4 Å². The Morgan fingerprint density at radius 3 is 0.826 bits per heavy atom. The van der Waals surface area contributed by atoms with E-state index in [-0.39, 0.29) is 62.5 Å². The van der Waals surface area contributed by atoms with Crippen molar-refractivity contribution in [2.24, 2.45) is 0 Å². The van der Waals surface area contributed by atoms with Gasteiger partial charge < -0.3 is 29.9 Å². The Morgan fingerprint density at radius 1 is 0.696 bits per heavy atom. The van der Waals surface area contributed by atoms with E-state index in [1.165, 1.54) is 0 Å². The molecule has 0 saturated carbocycles. The monoisotopic (exact) mass is 508 g/mol. The average molecular weight is 507 g/mol. The maximum absolute atomic E-state index is 8.47. The minimum Gasteiger partial charge on any atom is -0.394 e. The molecule has 0 aromatic heterocycles. The van der Waals surface area contributed by atoms with E-state index >= 15 is 0 Å². The SMILES string of the molecule is CC(C)O.CC(C)O.COC(C)(C)CO.COC(C)(C)CO.[Hf]. The fourth-order valence-corrected chi connectivity index (χ4v) is 0.129. The van der Waals surface area contributed by atoms with Gasteiger partial charge >= 0.3 is 0 Å². The fourth-order valence-electron chi connectivity index (χ4n) is 0.129. The van der Waals surface area contributed by atoms with E-state index in [2.05, 4.69) is 0 Å². The molecule has 0 radical (unpaired) electrons. The van der Waals surface area contributed by atoms with Crippen LogP contribution in [0.5, 0.6) is 0 Å². The molecule has 23 heavy (non-hydrogen) atoms. The fraction of sp³-hybridized carbons (Fsp3) is 1.00. The first kappa shape index (κ1) is 34.9. The second-order valence-electron chi connectivity index (χ2n) is 6.43. The zero-order valence-corrected chi connectivity index (χ0v) is 20.3. The summed E-state index contributed by atoms with van der Waals surface area (Å²) in [5, 5.41) is 33.0. The molecule has 7 heteroatoms. The van der Waals surface area contributed by atoms with Crippen molar-refractivity contribution in [3.05, 3.63) is 0 Å². The van der Waals surface area contributed by atoms with Gasteiger partial charge in [0.1, 0.15) is 0 Å². The summed E-state index contributed by atoms with van der Waals surface area (Å²) >= 11 is 0. The van der Waals surface area contributed by atoms with Crippen molar-refractivity contribution >= 4 is 0 Å². The van der Waals surface area contributed by atoms with Gasteiger partial charge in [-0.2, -0.15) is 0 Å². The Bertz CT molecular complexity index is 169. The number of aliphatic hydroxyl groups excluding tert-OH is 4. The van der Waals surface area contributed by atoms with Crippen LogP contribution >= 0.6 is 0 Å². The minimum absolute atomic E-state index is 0. The molecule has 0 rings (SSSR count). The molecule has 0 aliphatic rings. The van der Waals surface area contributed by atoms with Crippen molar-refractivity contribution in [2.45, 2.75) is 78.8 Å². The average Bonchev–Trinajstić information content (AvgIpc) is 2.38. The maximum Gasteiger partial charge on any atom is 0.0852 e. The summed E-state index contributed by atoms with van der Waals surface area (Å²) in [6, 6.07) is 0. The van der Waals surface area contributed by atoms with Gasteiger partial charge in [-0.15, -0.1) is 0 Å². The standard InChI is InChI=1S/2C5H12O2.2C3H8O.Hf/c2*1-5(2,4-6)7-3;2*1-3(2)4;/h2*6H,4H2,1-3H3;2*3-4H,1-2H3;. The molecule has 6 nitrogen and oxygen atoms in total. The number of aliphatic hydroxyl groups is 4. The number of hydrogen-bond acceptors (Lipinski definition) is 6. The molecule has 0 spiro atoms. The first-order chi connectivity index (χ1) is 9.71. The van der Waals surface area contributed by atoms with Crippen molar-refractivity contribution in [3.63, 3.8) is 0 Å². The van der Waals surface area contributed by atoms with Crippen LogP contribution in [0.4, 0.5) is 0 Å². The predicted molar refractivity (Wildman–Crippen MR) is 91.1 cm³/mol. The van der Waals surface area contributed by atoms with Crippen LogP contribution < -0.4 is 0 Å². The van der Waals surface area contributed by atoms with Crippen molar-refractivity contribution in [3.8, 4) is 0 Å². The third-order valence-corrected chi connectivity index (χ3v) is 1.87. The molecular formula is C16H40HfO6. The quantitative estimate of drug-likeness (QED) is 0.432. The summed E-state index contributed by atoms with van der Waals surface area (Å²) in [6.45, 7) is 14.3. The van der Waals surface area contributed by atoms with Gasteiger partial charge in [0, 0.05) is 52.3 Å². The molecule has 0 fully saturated rings. The molecule has 0 amide bonds. The molecule has 0 heterocycles. The van der Waals surface area contributed by atoms with Gasteiger partial charge in [-0.3, -0.25) is 0 Å². The molecule has 4 N–H and O–H groups in total. The van der Waals surface area contributed by atoms with Gasteiger partial charge in [-0.1, -0.05) is 0 Å². The Morgan fingerprint density at radius 2 is 0.826 bits per heavy atom. The van der Waals surface area contributed by atoms with Gasteiger partial charge in [0.25, 0.3) is 0 Å². The third-order valence-electron chi connectivity index (χ3n) is 1.87. The van der Waals surface area contributed by atoms with Crippen molar-refractivity contribution in [2.75, 3.05) is 27.4 Å². The smallest absolute Gasteiger partial charge is 0.0852 e. The van der Waals surface area contributed by atoms with Crippen LogP contribution in [0.25, 0.3) is 0 Å². The van der Waals surface area contributed by atoms with Crippen molar-refractivity contribution < 1.29 is 55.7 Å². The van der Waals surface area contributed by atoms with E-state index in [9.17, 15) is 0 Å². The molecule has 0 aromatic carbocycles. The van der Waals surface area contributed by atoms with E-state index in [0.717, 1.165) is 0 Å². The van der Waals surface area contributed by atoms with Gasteiger partial charge in [0.15, 0.2) is 0 Å². The zero-order valence-electron chi connectivity index (χ0n) is 16.7. The molecule has 0 atom stereocenters. The zero-order chi connectivity index (χ0) is 19.0. The number of rotatable bonds is 4. The van der Waals surface area contributed by atoms with E-state index in [1.807, 2.05) is 27.7 Å². The summed E-state index contributed by atoms with van der Waals surface area (Å²) in [7, 11) is 3.16. The van der Waals surface area contributed by atoms with Crippen LogP contribution in [0.1, 0.15) is 55.4 Å². The first-order valence-electron chi connectivity index (χ1n) is 7.39. The summed E-state index contributed by atoms with van der Waals surface area (Å²) in [4.78, 5) is 0. The van der Waals surface area contributed by atoms with E-state index < -0.39 is 0 Å². The van der Waals surface area contributed by atoms with Crippen LogP contribution in [0.3, 0.4) is 0 Å². The topological polar surface area (TPSA) is 99.4 Å². The summed E-state index contributed by atoms with van der Waals surface area (Å²) in [5.41, 5.74) is -0.722. The van der Waals surface area contributed by atoms with Crippen LogP contribution in [-0.4, -0.2) is 71.3 Å². The normalized spacial score (nSPS) is 10.4.